The van der Waals surface area contributed by atoms with Gasteiger partial charge in [-0.3, -0.25) is 9.59 Å². The Morgan fingerprint density at radius 1 is 1.00 bits per heavy atom. The Bertz CT molecular complexity index is 949. The minimum absolute atomic E-state index is 0.0188. The van der Waals surface area contributed by atoms with E-state index in [1.165, 1.54) is 0 Å². The van der Waals surface area contributed by atoms with E-state index in [1.807, 2.05) is 52.8 Å². The average molecular weight is 479 g/mol. The Morgan fingerprint density at radius 3 is 2.31 bits per heavy atom. The van der Waals surface area contributed by atoms with E-state index in [1.54, 1.807) is 23.1 Å². The van der Waals surface area contributed by atoms with Crippen molar-refractivity contribution in [1.29, 1.82) is 0 Å². The number of nitrogens with one attached hydrogen (secondary N) is 1. The summed E-state index contributed by atoms with van der Waals surface area (Å²) in [6.07, 6.45) is 1.28. The second-order valence-corrected chi connectivity index (χ2v) is 8.86. The summed E-state index contributed by atoms with van der Waals surface area (Å²) in [7, 11) is 0. The largest absolute Gasteiger partial charge is 0.484 e. The lowest BCUT2D eigenvalue weighted by Crippen LogP contribution is -2.51. The van der Waals surface area contributed by atoms with Crippen LogP contribution in [0.3, 0.4) is 0 Å². The number of carbonyl (C=O) groups is 2. The molecule has 2 amide bonds. The van der Waals surface area contributed by atoms with Gasteiger partial charge in [-0.2, -0.15) is 0 Å². The minimum Gasteiger partial charge on any atom is -0.484 e. The number of ether oxygens (including phenoxy) is 1. The number of nitrogens with zero attached hydrogens (tertiary/aromatic N) is 1. The highest BCUT2D eigenvalue weighted by Crippen LogP contribution is 2.24. The Kier molecular flexibility index (Phi) is 9.85. The fourth-order valence-electron chi connectivity index (χ4n) is 3.23. The van der Waals surface area contributed by atoms with Crippen LogP contribution in [0.4, 0.5) is 0 Å². The van der Waals surface area contributed by atoms with E-state index in [2.05, 4.69) is 5.32 Å². The molecule has 2 rings (SSSR count). The molecular weight excluding hydrogens is 447 g/mol. The van der Waals surface area contributed by atoms with E-state index in [0.717, 1.165) is 23.1 Å². The maximum absolute atomic E-state index is 13.2. The summed E-state index contributed by atoms with van der Waals surface area (Å²) in [5, 5.41) is 3.83. The van der Waals surface area contributed by atoms with E-state index >= 15 is 0 Å². The summed E-state index contributed by atoms with van der Waals surface area (Å²) >= 11 is 12.2. The van der Waals surface area contributed by atoms with Crippen LogP contribution in [0.25, 0.3) is 0 Å². The molecule has 2 aromatic rings. The van der Waals surface area contributed by atoms with Crippen molar-refractivity contribution in [3.8, 4) is 5.75 Å². The average Bonchev–Trinajstić information content (AvgIpc) is 2.76. The standard InChI is InChI=1S/C25H32Cl2N2O3/c1-6-18(5)28-25(31)23(7-2)29(14-19-9-11-21(26)22(27)13-19)24(30)15-32-20-10-8-16(3)17(4)12-20/h8-13,18,23H,6-7,14-15H2,1-5H3,(H,28,31)/t18-,23+/m1/s1. The van der Waals surface area contributed by atoms with Crippen LogP contribution in [-0.2, 0) is 16.1 Å². The van der Waals surface area contributed by atoms with Gasteiger partial charge in [0.15, 0.2) is 6.61 Å². The predicted octanol–water partition coefficient (Wildman–Crippen LogP) is 5.71. The van der Waals surface area contributed by atoms with Gasteiger partial charge in [0, 0.05) is 12.6 Å². The highest BCUT2D eigenvalue weighted by Gasteiger charge is 2.29. The van der Waals surface area contributed by atoms with Crippen LogP contribution >= 0.6 is 23.2 Å². The van der Waals surface area contributed by atoms with Gasteiger partial charge in [-0.05, 0) is 74.6 Å². The summed E-state index contributed by atoms with van der Waals surface area (Å²) in [6.45, 7) is 9.90. The fourth-order valence-corrected chi connectivity index (χ4v) is 3.55. The fraction of sp³-hybridized carbons (Fsp3) is 0.440. The molecule has 32 heavy (non-hydrogen) atoms. The number of benzene rings is 2. The lowest BCUT2D eigenvalue weighted by molar-refractivity contribution is -0.143. The smallest absolute Gasteiger partial charge is 0.261 e. The Hall–Kier alpha value is -2.24. The molecule has 0 spiro atoms. The molecule has 0 aliphatic carbocycles. The Morgan fingerprint density at radius 2 is 1.72 bits per heavy atom. The second kappa shape index (κ2) is 12.1. The molecule has 2 aromatic carbocycles. The first-order valence-electron chi connectivity index (χ1n) is 10.9. The van der Waals surface area contributed by atoms with E-state index in [-0.39, 0.29) is 31.0 Å². The van der Waals surface area contributed by atoms with Crippen molar-refractivity contribution in [2.24, 2.45) is 0 Å². The molecule has 0 saturated carbocycles. The van der Waals surface area contributed by atoms with Gasteiger partial charge in [0.1, 0.15) is 11.8 Å². The van der Waals surface area contributed by atoms with Crippen molar-refractivity contribution in [3.63, 3.8) is 0 Å². The summed E-state index contributed by atoms with van der Waals surface area (Å²) in [4.78, 5) is 27.8. The molecule has 0 heterocycles. The first kappa shape index (κ1) is 26.0. The van der Waals surface area contributed by atoms with Crippen molar-refractivity contribution in [1.82, 2.24) is 10.2 Å². The van der Waals surface area contributed by atoms with Crippen LogP contribution < -0.4 is 10.1 Å². The van der Waals surface area contributed by atoms with Gasteiger partial charge < -0.3 is 15.0 Å². The summed E-state index contributed by atoms with van der Waals surface area (Å²) in [5.41, 5.74) is 3.02. The molecular formula is C25H32Cl2N2O3. The third-order valence-electron chi connectivity index (χ3n) is 5.56. The van der Waals surface area contributed by atoms with E-state index in [9.17, 15) is 9.59 Å². The summed E-state index contributed by atoms with van der Waals surface area (Å²) in [6, 6.07) is 10.3. The zero-order valence-electron chi connectivity index (χ0n) is 19.4. The number of aryl methyl sites for hydroxylation is 2. The zero-order valence-corrected chi connectivity index (χ0v) is 20.9. The molecule has 0 unspecified atom stereocenters. The van der Waals surface area contributed by atoms with Crippen LogP contribution in [0.15, 0.2) is 36.4 Å². The van der Waals surface area contributed by atoms with E-state index < -0.39 is 6.04 Å². The first-order valence-corrected chi connectivity index (χ1v) is 11.7. The summed E-state index contributed by atoms with van der Waals surface area (Å²) in [5.74, 6) is 0.162. The molecule has 0 radical (unpaired) electrons. The number of amides is 2. The lowest BCUT2D eigenvalue weighted by Gasteiger charge is -2.31. The van der Waals surface area contributed by atoms with Gasteiger partial charge in [-0.25, -0.2) is 0 Å². The molecule has 0 aliphatic rings. The lowest BCUT2D eigenvalue weighted by atomic mass is 10.1. The predicted molar refractivity (Wildman–Crippen MR) is 130 cm³/mol. The Labute approximate surface area is 201 Å². The van der Waals surface area contributed by atoms with Gasteiger partial charge in [0.25, 0.3) is 5.91 Å². The SMILES string of the molecule is CC[C@@H](C)NC(=O)[C@H](CC)N(Cc1ccc(Cl)c(Cl)c1)C(=O)COc1ccc(C)c(C)c1. The highest BCUT2D eigenvalue weighted by atomic mass is 35.5. The summed E-state index contributed by atoms with van der Waals surface area (Å²) < 4.78 is 5.77. The van der Waals surface area contributed by atoms with Gasteiger partial charge >= 0.3 is 0 Å². The number of rotatable bonds is 10. The van der Waals surface area contributed by atoms with Crippen molar-refractivity contribution in [3.05, 3.63) is 63.1 Å². The normalized spacial score (nSPS) is 12.7. The van der Waals surface area contributed by atoms with Crippen molar-refractivity contribution >= 4 is 35.0 Å². The van der Waals surface area contributed by atoms with Gasteiger partial charge in [-0.1, -0.05) is 49.2 Å². The van der Waals surface area contributed by atoms with Crippen LogP contribution in [-0.4, -0.2) is 35.4 Å². The molecule has 0 aliphatic heterocycles. The van der Waals surface area contributed by atoms with Crippen molar-refractivity contribution < 1.29 is 14.3 Å². The topological polar surface area (TPSA) is 58.6 Å². The van der Waals surface area contributed by atoms with E-state index in [0.29, 0.717) is 22.2 Å². The van der Waals surface area contributed by atoms with Crippen LogP contribution in [0.2, 0.25) is 10.0 Å². The van der Waals surface area contributed by atoms with E-state index in [4.69, 9.17) is 27.9 Å². The third kappa shape index (κ3) is 7.14. The number of carbonyl (C=O) groups excluding carboxylic acids is 2. The molecule has 0 bridgehead atoms. The molecule has 0 saturated heterocycles. The van der Waals surface area contributed by atoms with Gasteiger partial charge in [0.2, 0.25) is 5.91 Å². The van der Waals surface area contributed by atoms with Crippen molar-refractivity contribution in [2.75, 3.05) is 6.61 Å². The molecule has 0 aromatic heterocycles. The molecule has 174 valence electrons. The molecule has 2 atom stereocenters. The highest BCUT2D eigenvalue weighted by molar-refractivity contribution is 6.42. The second-order valence-electron chi connectivity index (χ2n) is 8.05. The first-order chi connectivity index (χ1) is 15.2. The molecule has 5 nitrogen and oxygen atoms in total. The number of hydrogen-bond acceptors (Lipinski definition) is 3. The van der Waals surface area contributed by atoms with Crippen molar-refractivity contribution in [2.45, 2.75) is 66.1 Å². The number of halogens is 2. The van der Waals surface area contributed by atoms with Crippen LogP contribution in [0, 0.1) is 13.8 Å². The van der Waals surface area contributed by atoms with Crippen LogP contribution in [0.5, 0.6) is 5.75 Å². The van der Waals surface area contributed by atoms with Gasteiger partial charge in [0.05, 0.1) is 10.0 Å². The number of hydrogen-bond donors (Lipinski definition) is 1. The molecule has 7 heteroatoms. The Balaban J connectivity index is 2.25. The maximum Gasteiger partial charge on any atom is 0.261 e. The molecule has 1 N–H and O–H groups in total. The zero-order chi connectivity index (χ0) is 23.8. The van der Waals surface area contributed by atoms with Crippen LogP contribution in [0.1, 0.15) is 50.3 Å². The third-order valence-corrected chi connectivity index (χ3v) is 6.30. The molecule has 0 fully saturated rings. The monoisotopic (exact) mass is 478 g/mol. The minimum atomic E-state index is -0.630. The van der Waals surface area contributed by atoms with Gasteiger partial charge in [-0.15, -0.1) is 0 Å². The quantitative estimate of drug-likeness (QED) is 0.475. The maximum atomic E-state index is 13.2.